The standard InChI is InChI=1S/C12H13N7O2/c1-2-8-4-6-15-11(19-12(20)16-17-18-19)9(8)7-21-10(14)3-5-13/h2-6,14H,1,7,13H2,(H,16,18,20)/b5-3-,14-10?. The van der Waals surface area contributed by atoms with Gasteiger partial charge in [0.05, 0.1) is 0 Å². The summed E-state index contributed by atoms with van der Waals surface area (Å²) < 4.78 is 6.25. The molecule has 9 heteroatoms. The Morgan fingerprint density at radius 3 is 3.05 bits per heavy atom. The van der Waals surface area contributed by atoms with Crippen LogP contribution in [0, 0.1) is 5.41 Å². The van der Waals surface area contributed by atoms with Crippen LogP contribution in [0.25, 0.3) is 11.9 Å². The first-order valence-corrected chi connectivity index (χ1v) is 5.88. The number of nitrogens with two attached hydrogens (primary N) is 1. The largest absolute Gasteiger partial charge is 0.473 e. The predicted octanol–water partition coefficient (Wildman–Crippen LogP) is -0.0401. The Morgan fingerprint density at radius 1 is 1.62 bits per heavy atom. The molecule has 0 bridgehead atoms. The first kappa shape index (κ1) is 14.2. The van der Waals surface area contributed by atoms with Crippen LogP contribution in [0.4, 0.5) is 0 Å². The first-order chi connectivity index (χ1) is 10.2. The maximum atomic E-state index is 11.6. The summed E-state index contributed by atoms with van der Waals surface area (Å²) in [6.07, 6.45) is 5.61. The average molecular weight is 287 g/mol. The van der Waals surface area contributed by atoms with Crippen molar-refractivity contribution in [1.82, 2.24) is 25.2 Å². The monoisotopic (exact) mass is 287 g/mol. The fourth-order valence-electron chi connectivity index (χ4n) is 1.64. The average Bonchev–Trinajstić information content (AvgIpc) is 2.91. The quantitative estimate of drug-likeness (QED) is 0.521. The van der Waals surface area contributed by atoms with Gasteiger partial charge in [0.1, 0.15) is 6.61 Å². The fourth-order valence-corrected chi connectivity index (χ4v) is 1.64. The van der Waals surface area contributed by atoms with Gasteiger partial charge in [-0.2, -0.15) is 0 Å². The van der Waals surface area contributed by atoms with Crippen LogP contribution in [0.2, 0.25) is 0 Å². The smallest absolute Gasteiger partial charge is 0.367 e. The molecule has 108 valence electrons. The molecule has 2 heterocycles. The topological polar surface area (TPSA) is 136 Å². The molecule has 0 amide bonds. The fraction of sp³-hybridized carbons (Fsp3) is 0.0833. The van der Waals surface area contributed by atoms with E-state index in [2.05, 4.69) is 27.1 Å². The van der Waals surface area contributed by atoms with Gasteiger partial charge in [0.2, 0.25) is 5.90 Å². The molecule has 0 saturated heterocycles. The molecular formula is C12H13N7O2. The van der Waals surface area contributed by atoms with E-state index < -0.39 is 5.69 Å². The Balaban J connectivity index is 2.42. The lowest BCUT2D eigenvalue weighted by Crippen LogP contribution is -2.20. The molecule has 21 heavy (non-hydrogen) atoms. The number of hydrogen-bond acceptors (Lipinski definition) is 7. The van der Waals surface area contributed by atoms with E-state index in [4.69, 9.17) is 15.9 Å². The Bertz CT molecular complexity index is 744. The molecule has 0 aromatic carbocycles. The zero-order valence-corrected chi connectivity index (χ0v) is 11.0. The molecule has 0 radical (unpaired) electrons. The van der Waals surface area contributed by atoms with Crippen molar-refractivity contribution < 1.29 is 4.74 Å². The third kappa shape index (κ3) is 3.03. The number of rotatable bonds is 5. The maximum Gasteiger partial charge on any atom is 0.367 e. The van der Waals surface area contributed by atoms with Crippen LogP contribution in [-0.2, 0) is 11.3 Å². The highest BCUT2D eigenvalue weighted by molar-refractivity contribution is 5.84. The van der Waals surface area contributed by atoms with Crippen molar-refractivity contribution in [3.63, 3.8) is 0 Å². The molecule has 0 saturated carbocycles. The molecule has 0 aliphatic rings. The van der Waals surface area contributed by atoms with Crippen molar-refractivity contribution in [2.75, 3.05) is 0 Å². The summed E-state index contributed by atoms with van der Waals surface area (Å²) in [4.78, 5) is 15.7. The summed E-state index contributed by atoms with van der Waals surface area (Å²) in [5.41, 5.74) is 5.92. The molecule has 0 aliphatic heterocycles. The van der Waals surface area contributed by atoms with Crippen molar-refractivity contribution in [3.05, 3.63) is 52.7 Å². The van der Waals surface area contributed by atoms with E-state index in [1.165, 1.54) is 18.5 Å². The zero-order chi connectivity index (χ0) is 15.2. The number of ether oxygens (including phenoxy) is 1. The minimum absolute atomic E-state index is 0.00694. The van der Waals surface area contributed by atoms with Crippen molar-refractivity contribution >= 4 is 12.0 Å². The lowest BCUT2D eigenvalue weighted by Gasteiger charge is -2.11. The highest BCUT2D eigenvalue weighted by atomic mass is 16.5. The second-order valence-corrected chi connectivity index (χ2v) is 3.84. The Hall–Kier alpha value is -3.23. The number of nitrogens with zero attached hydrogens (tertiary/aromatic N) is 4. The summed E-state index contributed by atoms with van der Waals surface area (Å²) in [6, 6.07) is 1.71. The molecule has 2 aromatic heterocycles. The van der Waals surface area contributed by atoms with Crippen LogP contribution < -0.4 is 11.4 Å². The van der Waals surface area contributed by atoms with Crippen molar-refractivity contribution in [2.24, 2.45) is 5.73 Å². The second-order valence-electron chi connectivity index (χ2n) is 3.84. The number of aromatic nitrogens is 5. The van der Waals surface area contributed by atoms with Gasteiger partial charge in [0.15, 0.2) is 5.82 Å². The minimum Gasteiger partial charge on any atom is -0.473 e. The van der Waals surface area contributed by atoms with Crippen LogP contribution in [0.1, 0.15) is 11.1 Å². The molecule has 0 aliphatic carbocycles. The molecule has 0 spiro atoms. The summed E-state index contributed by atoms with van der Waals surface area (Å²) in [5.74, 6) is 0.144. The van der Waals surface area contributed by atoms with E-state index in [9.17, 15) is 4.79 Å². The summed E-state index contributed by atoms with van der Waals surface area (Å²) >= 11 is 0. The van der Waals surface area contributed by atoms with E-state index in [-0.39, 0.29) is 18.3 Å². The molecule has 0 unspecified atom stereocenters. The number of nitrogens with one attached hydrogen (secondary N) is 2. The van der Waals surface area contributed by atoms with Gasteiger partial charge in [-0.3, -0.25) is 5.41 Å². The highest BCUT2D eigenvalue weighted by Gasteiger charge is 2.14. The lowest BCUT2D eigenvalue weighted by molar-refractivity contribution is 0.291. The van der Waals surface area contributed by atoms with Gasteiger partial charge >= 0.3 is 5.69 Å². The molecule has 4 N–H and O–H groups in total. The van der Waals surface area contributed by atoms with E-state index in [0.717, 1.165) is 4.68 Å². The van der Waals surface area contributed by atoms with Gasteiger partial charge in [0.25, 0.3) is 0 Å². The predicted molar refractivity (Wildman–Crippen MR) is 75.7 cm³/mol. The normalized spacial score (nSPS) is 10.7. The van der Waals surface area contributed by atoms with E-state index in [0.29, 0.717) is 11.1 Å². The third-order valence-electron chi connectivity index (χ3n) is 2.58. The Kier molecular flexibility index (Phi) is 4.24. The van der Waals surface area contributed by atoms with Crippen LogP contribution in [0.5, 0.6) is 0 Å². The first-order valence-electron chi connectivity index (χ1n) is 5.88. The van der Waals surface area contributed by atoms with Gasteiger partial charge < -0.3 is 10.5 Å². The van der Waals surface area contributed by atoms with Gasteiger partial charge in [-0.15, -0.1) is 4.68 Å². The summed E-state index contributed by atoms with van der Waals surface area (Å²) in [6.45, 7) is 3.70. The summed E-state index contributed by atoms with van der Waals surface area (Å²) in [7, 11) is 0. The lowest BCUT2D eigenvalue weighted by atomic mass is 10.1. The van der Waals surface area contributed by atoms with Crippen molar-refractivity contribution in [2.45, 2.75) is 6.61 Å². The SMILES string of the molecule is C=Cc1ccnc(-n2nn[nH]c2=O)c1COC(=N)/C=C\N. The highest BCUT2D eigenvalue weighted by Crippen LogP contribution is 2.17. The van der Waals surface area contributed by atoms with Crippen molar-refractivity contribution in [3.8, 4) is 5.82 Å². The van der Waals surface area contributed by atoms with Crippen molar-refractivity contribution in [1.29, 1.82) is 5.41 Å². The van der Waals surface area contributed by atoms with E-state index in [1.807, 2.05) is 0 Å². The minimum atomic E-state index is -0.526. The van der Waals surface area contributed by atoms with Gasteiger partial charge in [-0.25, -0.2) is 14.9 Å². The van der Waals surface area contributed by atoms with Crippen LogP contribution in [0.15, 0.2) is 35.9 Å². The Labute approximate surface area is 119 Å². The van der Waals surface area contributed by atoms with Crippen LogP contribution >= 0.6 is 0 Å². The zero-order valence-electron chi connectivity index (χ0n) is 11.0. The molecule has 0 fully saturated rings. The molecule has 9 nitrogen and oxygen atoms in total. The number of H-pyrrole nitrogens is 1. The number of aromatic amines is 1. The molecule has 2 rings (SSSR count). The number of pyridine rings is 1. The van der Waals surface area contributed by atoms with E-state index >= 15 is 0 Å². The molecular weight excluding hydrogens is 274 g/mol. The number of hydrogen-bond donors (Lipinski definition) is 3. The van der Waals surface area contributed by atoms with E-state index in [1.54, 1.807) is 12.1 Å². The molecule has 0 atom stereocenters. The Morgan fingerprint density at radius 2 is 2.43 bits per heavy atom. The summed E-state index contributed by atoms with van der Waals surface area (Å²) in [5, 5.41) is 16.8. The van der Waals surface area contributed by atoms with Gasteiger partial charge in [-0.05, 0) is 28.3 Å². The van der Waals surface area contributed by atoms with Gasteiger partial charge in [0, 0.05) is 17.8 Å². The van der Waals surface area contributed by atoms with Gasteiger partial charge in [-0.1, -0.05) is 12.7 Å². The molecule has 2 aromatic rings. The number of tetrazole rings is 1. The van der Waals surface area contributed by atoms with Crippen LogP contribution in [0.3, 0.4) is 0 Å². The third-order valence-corrected chi connectivity index (χ3v) is 2.58. The van der Waals surface area contributed by atoms with Crippen LogP contribution in [-0.4, -0.2) is 31.1 Å². The maximum absolute atomic E-state index is 11.6. The second kappa shape index (κ2) is 6.28.